The Balaban J connectivity index is 3.92. The quantitative estimate of drug-likeness (QED) is 0.511. The Bertz CT molecular complexity index is 138. The fourth-order valence-electron chi connectivity index (χ4n) is 1.50. The minimum atomic E-state index is 0.390. The molecule has 0 aliphatic heterocycles. The van der Waals surface area contributed by atoms with Crippen LogP contribution in [-0.4, -0.2) is 6.04 Å². The lowest BCUT2D eigenvalue weighted by atomic mass is 9.78. The van der Waals surface area contributed by atoms with Crippen molar-refractivity contribution < 1.29 is 0 Å². The van der Waals surface area contributed by atoms with Crippen molar-refractivity contribution in [3.8, 4) is 0 Å². The van der Waals surface area contributed by atoms with Gasteiger partial charge in [0.05, 0.1) is 0 Å². The van der Waals surface area contributed by atoms with Crippen molar-refractivity contribution in [2.45, 2.75) is 66.3 Å². The fourth-order valence-corrected chi connectivity index (χ4v) is 1.50. The van der Waals surface area contributed by atoms with Gasteiger partial charge >= 0.3 is 0 Å². The van der Waals surface area contributed by atoms with Crippen LogP contribution in [0.25, 0.3) is 0 Å². The summed E-state index contributed by atoms with van der Waals surface area (Å²) < 4.78 is 0. The Morgan fingerprint density at radius 2 is 1.86 bits per heavy atom. The number of hydrogen-bond donors (Lipinski definition) is 2. The first-order chi connectivity index (χ1) is 6.41. The van der Waals surface area contributed by atoms with Gasteiger partial charge in [-0.2, -0.15) is 0 Å². The zero-order chi connectivity index (χ0) is 11.2. The maximum atomic E-state index is 5.56. The summed E-state index contributed by atoms with van der Waals surface area (Å²) in [5.74, 6) is 6.26. The van der Waals surface area contributed by atoms with Crippen molar-refractivity contribution in [1.82, 2.24) is 5.43 Å². The Kier molecular flexibility index (Phi) is 6.38. The minimum absolute atomic E-state index is 0.390. The number of nitrogens with one attached hydrogen (secondary N) is 1. The molecular weight excluding hydrogens is 172 g/mol. The van der Waals surface area contributed by atoms with Gasteiger partial charge in [0.2, 0.25) is 0 Å². The zero-order valence-corrected chi connectivity index (χ0v) is 10.6. The predicted octanol–water partition coefficient (Wildman–Crippen LogP) is 3.08. The van der Waals surface area contributed by atoms with Crippen LogP contribution in [0.3, 0.4) is 0 Å². The predicted molar refractivity (Wildman–Crippen MR) is 63.9 cm³/mol. The van der Waals surface area contributed by atoms with E-state index in [1.165, 1.54) is 25.7 Å². The van der Waals surface area contributed by atoms with Gasteiger partial charge in [0.1, 0.15) is 0 Å². The molecule has 0 saturated heterocycles. The molecule has 0 aromatic heterocycles. The van der Waals surface area contributed by atoms with Crippen molar-refractivity contribution >= 4 is 0 Å². The van der Waals surface area contributed by atoms with Crippen molar-refractivity contribution in [3.63, 3.8) is 0 Å². The van der Waals surface area contributed by atoms with Gasteiger partial charge in [0.25, 0.3) is 0 Å². The Morgan fingerprint density at radius 1 is 1.29 bits per heavy atom. The third-order valence-corrected chi connectivity index (χ3v) is 3.26. The van der Waals surface area contributed by atoms with Crippen molar-refractivity contribution in [2.24, 2.45) is 17.2 Å². The molecule has 0 fully saturated rings. The molecule has 3 N–H and O–H groups in total. The van der Waals surface area contributed by atoms with Gasteiger partial charge in [-0.15, -0.1) is 0 Å². The smallest absolute Gasteiger partial charge is 0.0213 e. The minimum Gasteiger partial charge on any atom is -0.271 e. The standard InChI is InChI=1S/C12H28N2/c1-6-7-8-11(14-13)9-10(2)12(3,4)5/h10-11,14H,6-9,13H2,1-5H3. The van der Waals surface area contributed by atoms with Crippen LogP contribution in [0.2, 0.25) is 0 Å². The summed E-state index contributed by atoms with van der Waals surface area (Å²) in [5.41, 5.74) is 3.33. The maximum Gasteiger partial charge on any atom is 0.0213 e. The van der Waals surface area contributed by atoms with Crippen LogP contribution >= 0.6 is 0 Å². The van der Waals surface area contributed by atoms with Crippen LogP contribution in [-0.2, 0) is 0 Å². The average molecular weight is 200 g/mol. The Morgan fingerprint density at radius 3 is 2.21 bits per heavy atom. The van der Waals surface area contributed by atoms with E-state index in [2.05, 4.69) is 40.0 Å². The molecule has 0 heterocycles. The van der Waals surface area contributed by atoms with Gasteiger partial charge in [-0.25, -0.2) is 0 Å². The van der Waals surface area contributed by atoms with Gasteiger partial charge in [0, 0.05) is 6.04 Å². The van der Waals surface area contributed by atoms with Gasteiger partial charge in [-0.1, -0.05) is 47.5 Å². The second-order valence-corrected chi connectivity index (χ2v) is 5.51. The lowest BCUT2D eigenvalue weighted by Gasteiger charge is -2.30. The first kappa shape index (κ1) is 13.9. The van der Waals surface area contributed by atoms with Crippen LogP contribution in [0.4, 0.5) is 0 Å². The molecule has 86 valence electrons. The molecule has 2 unspecified atom stereocenters. The number of hydrogen-bond acceptors (Lipinski definition) is 2. The van der Waals surface area contributed by atoms with Crippen LogP contribution in [0.5, 0.6) is 0 Å². The van der Waals surface area contributed by atoms with E-state index in [0.717, 1.165) is 0 Å². The normalized spacial score (nSPS) is 16.7. The topological polar surface area (TPSA) is 38.0 Å². The van der Waals surface area contributed by atoms with Crippen molar-refractivity contribution in [1.29, 1.82) is 0 Å². The van der Waals surface area contributed by atoms with Crippen molar-refractivity contribution in [2.75, 3.05) is 0 Å². The molecule has 0 spiro atoms. The van der Waals surface area contributed by atoms with Crippen LogP contribution in [0.1, 0.15) is 60.3 Å². The lowest BCUT2D eigenvalue weighted by Crippen LogP contribution is -2.38. The molecule has 0 bridgehead atoms. The highest BCUT2D eigenvalue weighted by molar-refractivity contribution is 4.75. The summed E-state index contributed by atoms with van der Waals surface area (Å²) in [7, 11) is 0. The van der Waals surface area contributed by atoms with Crippen molar-refractivity contribution in [3.05, 3.63) is 0 Å². The largest absolute Gasteiger partial charge is 0.271 e. The van der Waals surface area contributed by atoms with E-state index in [1.807, 2.05) is 0 Å². The number of unbranched alkanes of at least 4 members (excludes halogenated alkanes) is 1. The third kappa shape index (κ3) is 5.61. The van der Waals surface area contributed by atoms with E-state index in [0.29, 0.717) is 17.4 Å². The summed E-state index contributed by atoms with van der Waals surface area (Å²) in [6.07, 6.45) is 4.90. The molecule has 0 aliphatic carbocycles. The molecule has 0 aromatic carbocycles. The summed E-state index contributed by atoms with van der Waals surface area (Å²) in [4.78, 5) is 0. The first-order valence-electron chi connectivity index (χ1n) is 5.88. The highest BCUT2D eigenvalue weighted by atomic mass is 15.2. The van der Waals surface area contributed by atoms with Gasteiger partial charge in [-0.05, 0) is 24.2 Å². The highest BCUT2D eigenvalue weighted by Crippen LogP contribution is 2.29. The molecule has 0 saturated carbocycles. The van der Waals surface area contributed by atoms with E-state index in [-0.39, 0.29) is 0 Å². The van der Waals surface area contributed by atoms with Gasteiger partial charge < -0.3 is 0 Å². The number of hydrazine groups is 1. The first-order valence-corrected chi connectivity index (χ1v) is 5.88. The SMILES string of the molecule is CCCCC(CC(C)C(C)(C)C)NN. The third-order valence-electron chi connectivity index (χ3n) is 3.26. The second-order valence-electron chi connectivity index (χ2n) is 5.51. The van der Waals surface area contributed by atoms with Crippen LogP contribution < -0.4 is 11.3 Å². The molecule has 0 amide bonds. The summed E-state index contributed by atoms with van der Waals surface area (Å²) in [6.45, 7) is 11.4. The summed E-state index contributed by atoms with van der Waals surface area (Å²) in [5, 5.41) is 0. The zero-order valence-electron chi connectivity index (χ0n) is 10.6. The second kappa shape index (κ2) is 6.41. The van der Waals surface area contributed by atoms with E-state index >= 15 is 0 Å². The van der Waals surface area contributed by atoms with Crippen LogP contribution in [0, 0.1) is 11.3 Å². The van der Waals surface area contributed by atoms with E-state index < -0.39 is 0 Å². The molecule has 0 aromatic rings. The molecular formula is C12H28N2. The van der Waals surface area contributed by atoms with Crippen LogP contribution in [0.15, 0.2) is 0 Å². The number of rotatable bonds is 6. The van der Waals surface area contributed by atoms with E-state index in [1.54, 1.807) is 0 Å². The maximum absolute atomic E-state index is 5.56. The monoisotopic (exact) mass is 200 g/mol. The average Bonchev–Trinajstić information content (AvgIpc) is 2.10. The number of nitrogens with two attached hydrogens (primary N) is 1. The molecule has 2 heteroatoms. The summed E-state index contributed by atoms with van der Waals surface area (Å²) >= 11 is 0. The summed E-state index contributed by atoms with van der Waals surface area (Å²) in [6, 6.07) is 0.490. The molecule has 0 rings (SSSR count). The van der Waals surface area contributed by atoms with Gasteiger partial charge in [-0.3, -0.25) is 11.3 Å². The lowest BCUT2D eigenvalue weighted by molar-refractivity contribution is 0.218. The molecule has 2 nitrogen and oxygen atoms in total. The van der Waals surface area contributed by atoms with Gasteiger partial charge in [0.15, 0.2) is 0 Å². The van der Waals surface area contributed by atoms with E-state index in [4.69, 9.17) is 5.84 Å². The molecule has 14 heavy (non-hydrogen) atoms. The highest BCUT2D eigenvalue weighted by Gasteiger charge is 2.22. The van der Waals surface area contributed by atoms with E-state index in [9.17, 15) is 0 Å². The molecule has 0 aliphatic rings. The molecule has 2 atom stereocenters. The Hall–Kier alpha value is -0.0800. The molecule has 0 radical (unpaired) electrons. The fraction of sp³-hybridized carbons (Fsp3) is 1.00. The Labute approximate surface area is 89.6 Å².